The van der Waals surface area contributed by atoms with Gasteiger partial charge >= 0.3 is 6.03 Å². The molecule has 3 aromatic carbocycles. The van der Waals surface area contributed by atoms with E-state index in [4.69, 9.17) is 4.74 Å². The topological polar surface area (TPSA) is 122 Å². The molecule has 3 aliphatic rings. The maximum Gasteiger partial charge on any atom is 0.335 e. The minimum atomic E-state index is -1.72. The van der Waals surface area contributed by atoms with Gasteiger partial charge in [0.05, 0.1) is 23.8 Å². The predicted molar refractivity (Wildman–Crippen MR) is 129 cm³/mol. The van der Waals surface area contributed by atoms with Crippen LogP contribution in [0.2, 0.25) is 0 Å². The molecule has 1 fully saturated rings. The Morgan fingerprint density at radius 3 is 2.50 bits per heavy atom. The molecule has 1 N–H and O–H groups in total. The number of urea groups is 1. The molecule has 6 rings (SSSR count). The monoisotopic (exact) mass is 484 g/mol. The van der Waals surface area contributed by atoms with E-state index in [0.29, 0.717) is 17.9 Å². The highest BCUT2D eigenvalue weighted by atomic mass is 16.6. The number of hydrogen-bond donors (Lipinski definition) is 1. The summed E-state index contributed by atoms with van der Waals surface area (Å²) in [4.78, 5) is 54.9. The Balaban J connectivity index is 1.56. The number of carbonyl (C=O) groups excluding carboxylic acids is 3. The van der Waals surface area contributed by atoms with Gasteiger partial charge < -0.3 is 9.64 Å². The number of nitrogens with one attached hydrogen (secondary N) is 1. The number of benzene rings is 3. The molecule has 180 valence electrons. The summed E-state index contributed by atoms with van der Waals surface area (Å²) in [5, 5.41) is 13.9. The number of methoxy groups -OCH3 is 1. The Morgan fingerprint density at radius 1 is 1.03 bits per heavy atom. The minimum absolute atomic E-state index is 0.0931. The summed E-state index contributed by atoms with van der Waals surface area (Å²) in [5.41, 5.74) is 1.42. The van der Waals surface area contributed by atoms with Crippen molar-refractivity contribution in [2.24, 2.45) is 5.41 Å². The largest absolute Gasteiger partial charge is 0.497 e. The number of nitro benzene ring substituents is 1. The van der Waals surface area contributed by atoms with Crippen LogP contribution in [0.5, 0.6) is 5.75 Å². The number of nitro groups is 1. The number of anilines is 2. The molecule has 0 bridgehead atoms. The average molecular weight is 484 g/mol. The van der Waals surface area contributed by atoms with Gasteiger partial charge in [0.1, 0.15) is 5.75 Å². The number of rotatable bonds is 3. The molecule has 3 aliphatic heterocycles. The fourth-order valence-electron chi connectivity index (χ4n) is 5.66. The Labute approximate surface area is 205 Å². The van der Waals surface area contributed by atoms with Gasteiger partial charge in [0.2, 0.25) is 5.91 Å². The molecule has 0 aliphatic carbocycles. The van der Waals surface area contributed by atoms with E-state index in [2.05, 4.69) is 5.32 Å². The summed E-state index contributed by atoms with van der Waals surface area (Å²) < 4.78 is 5.18. The molecule has 10 heteroatoms. The molecule has 1 spiro atoms. The van der Waals surface area contributed by atoms with Crippen LogP contribution in [0.25, 0.3) is 0 Å². The number of fused-ring (bicyclic) bond motifs is 6. The Bertz CT molecular complexity index is 1470. The first-order valence-electron chi connectivity index (χ1n) is 11.3. The molecule has 0 aromatic heterocycles. The quantitative estimate of drug-likeness (QED) is 0.343. The summed E-state index contributed by atoms with van der Waals surface area (Å²) in [6.45, 7) is 0.421. The average Bonchev–Trinajstić information content (AvgIpc) is 3.28. The molecule has 0 unspecified atom stereocenters. The van der Waals surface area contributed by atoms with Crippen LogP contribution in [0.15, 0.2) is 66.7 Å². The van der Waals surface area contributed by atoms with Crippen molar-refractivity contribution in [3.63, 3.8) is 0 Å². The maximum atomic E-state index is 14.3. The van der Waals surface area contributed by atoms with Crippen molar-refractivity contribution in [1.29, 1.82) is 0 Å². The third-order valence-electron chi connectivity index (χ3n) is 7.27. The summed E-state index contributed by atoms with van der Waals surface area (Å²) in [5.74, 6) is -0.847. The van der Waals surface area contributed by atoms with Gasteiger partial charge in [-0.05, 0) is 47.0 Å². The molecule has 3 aromatic rings. The second kappa shape index (κ2) is 7.64. The second-order valence-corrected chi connectivity index (χ2v) is 9.05. The number of amides is 4. The summed E-state index contributed by atoms with van der Waals surface area (Å²) >= 11 is 0. The standard InChI is InChI=1S/C26H20N4O6/c1-36-19-9-6-17(7-10-19)29-24(32)26(23(31)27-25(29)33)13-16-12-18(30(34)35)8-11-21(16)28-14-15-4-2-3-5-20(15)22(26)28/h2-12,22H,13-14H2,1H3,(H,27,31,33)/t22-,26+/m1/s1. The lowest BCUT2D eigenvalue weighted by Gasteiger charge is -2.49. The lowest BCUT2D eigenvalue weighted by atomic mass is 9.67. The molecular formula is C26H20N4O6. The molecule has 3 heterocycles. The highest BCUT2D eigenvalue weighted by molar-refractivity contribution is 6.30. The van der Waals surface area contributed by atoms with Gasteiger partial charge in [0.15, 0.2) is 5.41 Å². The smallest absolute Gasteiger partial charge is 0.335 e. The fourth-order valence-corrected chi connectivity index (χ4v) is 5.66. The van der Waals surface area contributed by atoms with Crippen molar-refractivity contribution in [2.75, 3.05) is 16.9 Å². The third kappa shape index (κ3) is 2.87. The number of carbonyl (C=O) groups is 3. The number of nitrogens with zero attached hydrogens (tertiary/aromatic N) is 3. The maximum absolute atomic E-state index is 14.3. The molecule has 36 heavy (non-hydrogen) atoms. The summed E-state index contributed by atoms with van der Waals surface area (Å²) in [6.07, 6.45) is -0.0931. The zero-order valence-electron chi connectivity index (χ0n) is 19.1. The number of non-ortho nitro benzene ring substituents is 1. The number of hydrogen-bond acceptors (Lipinski definition) is 7. The number of ether oxygens (including phenoxy) is 1. The van der Waals surface area contributed by atoms with Gasteiger partial charge in [-0.2, -0.15) is 0 Å². The zero-order valence-corrected chi connectivity index (χ0v) is 19.1. The van der Waals surface area contributed by atoms with Crippen LogP contribution in [0.4, 0.5) is 21.9 Å². The van der Waals surface area contributed by atoms with E-state index in [9.17, 15) is 24.5 Å². The van der Waals surface area contributed by atoms with Gasteiger partial charge in [-0.25, -0.2) is 9.69 Å². The predicted octanol–water partition coefficient (Wildman–Crippen LogP) is 3.49. The van der Waals surface area contributed by atoms with E-state index < -0.39 is 34.2 Å². The number of imide groups is 2. The molecular weight excluding hydrogens is 464 g/mol. The Kier molecular flexibility index (Phi) is 4.62. The van der Waals surface area contributed by atoms with Crippen LogP contribution in [-0.2, 0) is 22.6 Å². The highest BCUT2D eigenvalue weighted by Crippen LogP contribution is 2.56. The van der Waals surface area contributed by atoms with Crippen molar-refractivity contribution in [3.8, 4) is 5.75 Å². The van der Waals surface area contributed by atoms with E-state index in [1.807, 2.05) is 29.2 Å². The molecule has 1 saturated heterocycles. The van der Waals surface area contributed by atoms with Gasteiger partial charge in [-0.3, -0.25) is 25.0 Å². The van der Waals surface area contributed by atoms with E-state index in [0.717, 1.165) is 21.7 Å². The lowest BCUT2D eigenvalue weighted by Crippen LogP contribution is -2.69. The van der Waals surface area contributed by atoms with Crippen molar-refractivity contribution >= 4 is 34.9 Å². The van der Waals surface area contributed by atoms with Gasteiger partial charge in [-0.1, -0.05) is 24.3 Å². The van der Waals surface area contributed by atoms with Gasteiger partial charge in [0, 0.05) is 30.8 Å². The Hall–Kier alpha value is -4.73. The van der Waals surface area contributed by atoms with Crippen molar-refractivity contribution in [3.05, 3.63) is 93.5 Å². The fraction of sp³-hybridized carbons (Fsp3) is 0.192. The first-order chi connectivity index (χ1) is 17.3. The molecule has 0 saturated carbocycles. The van der Waals surface area contributed by atoms with E-state index in [-0.39, 0.29) is 17.8 Å². The van der Waals surface area contributed by atoms with Crippen LogP contribution in [0.3, 0.4) is 0 Å². The van der Waals surface area contributed by atoms with Crippen LogP contribution in [0, 0.1) is 15.5 Å². The normalized spacial score (nSPS) is 22.1. The molecule has 10 nitrogen and oxygen atoms in total. The molecule has 4 amide bonds. The highest BCUT2D eigenvalue weighted by Gasteiger charge is 2.64. The summed E-state index contributed by atoms with van der Waals surface area (Å²) in [6, 6.07) is 16.9. The SMILES string of the molecule is COc1ccc(N2C(=O)NC(=O)[C@@]3(Cc4cc([N+](=O)[O-])ccc4N4Cc5ccccc5[C@@H]43)C2=O)cc1. The van der Waals surface area contributed by atoms with Crippen LogP contribution in [-0.4, -0.2) is 29.9 Å². The first-order valence-corrected chi connectivity index (χ1v) is 11.3. The second-order valence-electron chi connectivity index (χ2n) is 9.05. The van der Waals surface area contributed by atoms with Crippen LogP contribution < -0.4 is 19.9 Å². The minimum Gasteiger partial charge on any atom is -0.497 e. The number of barbiturate groups is 1. The van der Waals surface area contributed by atoms with E-state index in [1.54, 1.807) is 30.3 Å². The van der Waals surface area contributed by atoms with E-state index in [1.165, 1.54) is 19.2 Å². The van der Waals surface area contributed by atoms with Crippen LogP contribution in [0.1, 0.15) is 22.7 Å². The van der Waals surface area contributed by atoms with Gasteiger partial charge in [0.25, 0.3) is 11.6 Å². The first kappa shape index (κ1) is 21.8. The van der Waals surface area contributed by atoms with Crippen molar-refractivity contribution in [1.82, 2.24) is 5.32 Å². The molecule has 0 radical (unpaired) electrons. The molecule has 2 atom stereocenters. The van der Waals surface area contributed by atoms with Crippen molar-refractivity contribution < 1.29 is 24.0 Å². The zero-order chi connectivity index (χ0) is 25.2. The Morgan fingerprint density at radius 2 is 1.78 bits per heavy atom. The lowest BCUT2D eigenvalue weighted by molar-refractivity contribution is -0.384. The van der Waals surface area contributed by atoms with E-state index >= 15 is 0 Å². The van der Waals surface area contributed by atoms with Crippen molar-refractivity contribution in [2.45, 2.75) is 19.0 Å². The summed E-state index contributed by atoms with van der Waals surface area (Å²) in [7, 11) is 1.51. The van der Waals surface area contributed by atoms with Gasteiger partial charge in [-0.15, -0.1) is 0 Å². The third-order valence-corrected chi connectivity index (χ3v) is 7.27. The van der Waals surface area contributed by atoms with Crippen LogP contribution >= 0.6 is 0 Å².